The van der Waals surface area contributed by atoms with Gasteiger partial charge in [-0.15, -0.1) is 0 Å². The summed E-state index contributed by atoms with van der Waals surface area (Å²) in [6.07, 6.45) is 0. The number of aryl methyl sites for hydroxylation is 2. The number of fused-ring (bicyclic) bond motifs is 1. The Morgan fingerprint density at radius 2 is 1.88 bits per heavy atom. The number of hydrogen-bond donors (Lipinski definition) is 1. The molecule has 2 rings (SSSR count). The summed E-state index contributed by atoms with van der Waals surface area (Å²) in [7, 11) is 2.07. The van der Waals surface area contributed by atoms with Crippen LogP contribution in [-0.4, -0.2) is 17.8 Å². The predicted octanol–water partition coefficient (Wildman–Crippen LogP) is 1.74. The van der Waals surface area contributed by atoms with Crippen LogP contribution in [0.25, 0.3) is 11.0 Å². The summed E-state index contributed by atoms with van der Waals surface area (Å²) in [6, 6.07) is 2.19. The maximum atomic E-state index is 4.73. The van der Waals surface area contributed by atoms with Gasteiger partial charge in [0.2, 0.25) is 0 Å². The van der Waals surface area contributed by atoms with Crippen LogP contribution < -0.4 is 5.59 Å². The average molecular weight is 214 g/mol. The van der Waals surface area contributed by atoms with E-state index in [-0.39, 0.29) is 5.41 Å². The number of aromatic amines is 1. The Labute approximate surface area is 97.9 Å². The summed E-state index contributed by atoms with van der Waals surface area (Å²) in [4.78, 5) is 8.17. The monoisotopic (exact) mass is 214 g/mol. The van der Waals surface area contributed by atoms with Gasteiger partial charge in [-0.2, -0.15) is 0 Å². The molecule has 0 aromatic carbocycles. The largest absolute Gasteiger partial charge is 0.357 e. The van der Waals surface area contributed by atoms with E-state index in [1.807, 2.05) is 0 Å². The Hall–Kier alpha value is -1.25. The minimum Gasteiger partial charge on any atom is -0.357 e. The van der Waals surface area contributed by atoms with E-state index in [4.69, 9.17) is 4.98 Å². The van der Waals surface area contributed by atoms with Crippen molar-refractivity contribution in [3.63, 3.8) is 0 Å². The molecule has 16 heavy (non-hydrogen) atoms. The molecular formula is C13H19BN2. The Kier molecular flexibility index (Phi) is 2.37. The Morgan fingerprint density at radius 3 is 2.44 bits per heavy atom. The van der Waals surface area contributed by atoms with Crippen LogP contribution in [0.1, 0.15) is 37.6 Å². The summed E-state index contributed by atoms with van der Waals surface area (Å²) in [6.45, 7) is 10.9. The summed E-state index contributed by atoms with van der Waals surface area (Å²) < 4.78 is 0. The molecule has 1 N–H and O–H groups in total. The van der Waals surface area contributed by atoms with Gasteiger partial charge in [-0.3, -0.25) is 4.98 Å². The van der Waals surface area contributed by atoms with Crippen LogP contribution in [-0.2, 0) is 5.41 Å². The van der Waals surface area contributed by atoms with Crippen LogP contribution in [0.3, 0.4) is 0 Å². The first-order valence-electron chi connectivity index (χ1n) is 5.77. The van der Waals surface area contributed by atoms with Crippen LogP contribution in [0.5, 0.6) is 0 Å². The Balaban J connectivity index is 2.84. The molecule has 0 radical (unpaired) electrons. The van der Waals surface area contributed by atoms with Crippen molar-refractivity contribution >= 4 is 24.5 Å². The molecule has 2 heterocycles. The van der Waals surface area contributed by atoms with E-state index < -0.39 is 0 Å². The molecule has 84 valence electrons. The van der Waals surface area contributed by atoms with Gasteiger partial charge < -0.3 is 4.98 Å². The molecule has 0 bridgehead atoms. The highest BCUT2D eigenvalue weighted by atomic mass is 14.8. The standard InChI is InChI=1S/C13H19BN2/c1-7-6-9-11(16-12(7)14)10(8(2)15-9)13(3,4)5/h6,15H,14H2,1-5H3. The minimum atomic E-state index is 0.136. The van der Waals surface area contributed by atoms with Gasteiger partial charge >= 0.3 is 0 Å². The molecule has 0 aliphatic rings. The first-order chi connectivity index (χ1) is 7.30. The number of rotatable bonds is 0. The molecule has 2 aromatic heterocycles. The Bertz CT molecular complexity index is 547. The second-order valence-electron chi connectivity index (χ2n) is 5.66. The Morgan fingerprint density at radius 1 is 1.25 bits per heavy atom. The van der Waals surface area contributed by atoms with E-state index in [1.165, 1.54) is 16.8 Å². The summed E-state index contributed by atoms with van der Waals surface area (Å²) in [5.74, 6) is 0. The maximum Gasteiger partial charge on any atom is 0.164 e. The molecule has 0 saturated carbocycles. The third kappa shape index (κ3) is 1.64. The average Bonchev–Trinajstić information content (AvgIpc) is 2.40. The van der Waals surface area contributed by atoms with Gasteiger partial charge in [0.1, 0.15) is 0 Å². The lowest BCUT2D eigenvalue weighted by atomic mass is 9.86. The lowest BCUT2D eigenvalue weighted by molar-refractivity contribution is 0.590. The van der Waals surface area contributed by atoms with E-state index in [9.17, 15) is 0 Å². The second-order valence-corrected chi connectivity index (χ2v) is 5.66. The molecule has 0 unspecified atom stereocenters. The SMILES string of the molecule is Bc1nc2c(C(C)(C)C)c(C)[nH]c2cc1C. The van der Waals surface area contributed by atoms with Gasteiger partial charge in [-0.05, 0) is 36.5 Å². The van der Waals surface area contributed by atoms with Gasteiger partial charge in [0, 0.05) is 11.3 Å². The van der Waals surface area contributed by atoms with Gasteiger partial charge in [0.05, 0.1) is 11.0 Å². The summed E-state index contributed by atoms with van der Waals surface area (Å²) in [5.41, 5.74) is 7.37. The fourth-order valence-corrected chi connectivity index (χ4v) is 2.35. The van der Waals surface area contributed by atoms with Crippen molar-refractivity contribution in [2.24, 2.45) is 0 Å². The molecule has 0 spiro atoms. The van der Waals surface area contributed by atoms with E-state index >= 15 is 0 Å². The zero-order chi connectivity index (χ0) is 12.1. The quantitative estimate of drug-likeness (QED) is 0.665. The van der Waals surface area contributed by atoms with Gasteiger partial charge in [0.15, 0.2) is 7.85 Å². The van der Waals surface area contributed by atoms with E-state index in [2.05, 4.69) is 53.5 Å². The van der Waals surface area contributed by atoms with Crippen LogP contribution in [0, 0.1) is 13.8 Å². The van der Waals surface area contributed by atoms with Crippen molar-refractivity contribution in [3.05, 3.63) is 22.9 Å². The van der Waals surface area contributed by atoms with Gasteiger partial charge in [0.25, 0.3) is 0 Å². The van der Waals surface area contributed by atoms with Crippen LogP contribution in [0.4, 0.5) is 0 Å². The van der Waals surface area contributed by atoms with Crippen molar-refractivity contribution in [2.45, 2.75) is 40.0 Å². The molecule has 0 atom stereocenters. The van der Waals surface area contributed by atoms with Crippen LogP contribution in [0.2, 0.25) is 0 Å². The first kappa shape index (κ1) is 11.2. The van der Waals surface area contributed by atoms with Crippen molar-refractivity contribution in [2.75, 3.05) is 0 Å². The van der Waals surface area contributed by atoms with Crippen molar-refractivity contribution in [3.8, 4) is 0 Å². The summed E-state index contributed by atoms with van der Waals surface area (Å²) >= 11 is 0. The van der Waals surface area contributed by atoms with Crippen molar-refractivity contribution in [1.82, 2.24) is 9.97 Å². The predicted molar refractivity (Wildman–Crippen MR) is 72.4 cm³/mol. The molecule has 3 heteroatoms. The first-order valence-corrected chi connectivity index (χ1v) is 5.77. The number of H-pyrrole nitrogens is 1. The molecule has 2 nitrogen and oxygen atoms in total. The zero-order valence-corrected chi connectivity index (χ0v) is 11.0. The fourth-order valence-electron chi connectivity index (χ4n) is 2.35. The van der Waals surface area contributed by atoms with E-state index in [0.29, 0.717) is 0 Å². The molecule has 2 aromatic rings. The van der Waals surface area contributed by atoms with Gasteiger partial charge in [-0.1, -0.05) is 20.8 Å². The number of nitrogens with zero attached hydrogens (tertiary/aromatic N) is 1. The lowest BCUT2D eigenvalue weighted by Crippen LogP contribution is -2.16. The highest BCUT2D eigenvalue weighted by Crippen LogP contribution is 2.31. The fraction of sp³-hybridized carbons (Fsp3) is 0.462. The van der Waals surface area contributed by atoms with Crippen molar-refractivity contribution < 1.29 is 0 Å². The third-order valence-electron chi connectivity index (χ3n) is 3.15. The molecule has 0 aliphatic carbocycles. The lowest BCUT2D eigenvalue weighted by Gasteiger charge is -2.18. The van der Waals surface area contributed by atoms with Gasteiger partial charge in [-0.25, -0.2) is 0 Å². The molecule has 0 aliphatic heterocycles. The topological polar surface area (TPSA) is 28.7 Å². The normalized spacial score (nSPS) is 12.3. The molecular weight excluding hydrogens is 195 g/mol. The molecule has 0 saturated heterocycles. The third-order valence-corrected chi connectivity index (χ3v) is 3.15. The number of nitrogens with one attached hydrogen (secondary N) is 1. The molecule has 0 amide bonds. The zero-order valence-electron chi connectivity index (χ0n) is 11.0. The van der Waals surface area contributed by atoms with E-state index in [1.54, 1.807) is 0 Å². The maximum absolute atomic E-state index is 4.73. The van der Waals surface area contributed by atoms with E-state index in [0.717, 1.165) is 16.6 Å². The number of aromatic nitrogens is 2. The van der Waals surface area contributed by atoms with Crippen LogP contribution in [0.15, 0.2) is 6.07 Å². The second kappa shape index (κ2) is 3.37. The summed E-state index contributed by atoms with van der Waals surface area (Å²) in [5, 5.41) is 0. The van der Waals surface area contributed by atoms with Crippen molar-refractivity contribution in [1.29, 1.82) is 0 Å². The highest BCUT2D eigenvalue weighted by molar-refractivity contribution is 6.32. The number of hydrogen-bond acceptors (Lipinski definition) is 1. The smallest absolute Gasteiger partial charge is 0.164 e. The number of pyridine rings is 1. The highest BCUT2D eigenvalue weighted by Gasteiger charge is 2.22. The molecule has 0 fully saturated rings. The van der Waals surface area contributed by atoms with Crippen LogP contribution >= 0.6 is 0 Å². The minimum absolute atomic E-state index is 0.136.